The number of benzene rings is 1. The van der Waals surface area contributed by atoms with Gasteiger partial charge >= 0.3 is 12.1 Å². The average Bonchev–Trinajstić information content (AvgIpc) is 3.68. The minimum atomic E-state index is -1.25. The highest BCUT2D eigenvalue weighted by Crippen LogP contribution is 2.46. The van der Waals surface area contributed by atoms with Crippen molar-refractivity contribution in [1.82, 2.24) is 19.7 Å². The second-order valence-corrected chi connectivity index (χ2v) is 11.5. The van der Waals surface area contributed by atoms with Gasteiger partial charge in [0.2, 0.25) is 5.88 Å². The molecule has 220 valence electrons. The van der Waals surface area contributed by atoms with E-state index in [0.717, 1.165) is 18.9 Å². The lowest BCUT2D eigenvalue weighted by Crippen LogP contribution is -2.34. The average molecular weight is 682 g/mol. The third-order valence-electron chi connectivity index (χ3n) is 6.44. The summed E-state index contributed by atoms with van der Waals surface area (Å²) in [7, 11) is 3.37. The van der Waals surface area contributed by atoms with Crippen LogP contribution in [0.5, 0.6) is 11.6 Å². The quantitative estimate of drug-likeness (QED) is 0.208. The minimum absolute atomic E-state index is 0.0379. The van der Waals surface area contributed by atoms with E-state index in [9.17, 15) is 19.1 Å². The third kappa shape index (κ3) is 7.18. The maximum absolute atomic E-state index is 13.9. The van der Waals surface area contributed by atoms with Crippen LogP contribution in [0.15, 0.2) is 30.5 Å². The number of carboxylic acid groups (broad SMARTS) is 1. The molecule has 1 amide bonds. The fourth-order valence-corrected chi connectivity index (χ4v) is 4.68. The highest BCUT2D eigenvalue weighted by molar-refractivity contribution is 14.1. The Morgan fingerprint density at radius 2 is 2.00 bits per heavy atom. The number of hydrogen-bond acceptors (Lipinski definition) is 8. The summed E-state index contributed by atoms with van der Waals surface area (Å²) in [5.74, 6) is -1.19. The summed E-state index contributed by atoms with van der Waals surface area (Å²) in [6, 6.07) is 5.34. The highest BCUT2D eigenvalue weighted by atomic mass is 127. The van der Waals surface area contributed by atoms with Crippen molar-refractivity contribution in [3.8, 4) is 22.8 Å². The number of anilines is 1. The number of carboxylic acids is 1. The summed E-state index contributed by atoms with van der Waals surface area (Å²) in [5, 5.41) is 14.2. The summed E-state index contributed by atoms with van der Waals surface area (Å²) in [6.07, 6.45) is 2.04. The van der Waals surface area contributed by atoms with Gasteiger partial charge < -0.3 is 30.0 Å². The van der Waals surface area contributed by atoms with Gasteiger partial charge in [0.1, 0.15) is 22.1 Å². The predicted molar refractivity (Wildman–Crippen MR) is 158 cm³/mol. The van der Waals surface area contributed by atoms with Gasteiger partial charge in [-0.15, -0.1) is 5.10 Å². The second-order valence-electron chi connectivity index (χ2n) is 10.9. The lowest BCUT2D eigenvalue weighted by Gasteiger charge is -2.25. The Kier molecular flexibility index (Phi) is 8.94. The van der Waals surface area contributed by atoms with Crippen molar-refractivity contribution in [3.05, 3.63) is 53.1 Å². The van der Waals surface area contributed by atoms with Gasteiger partial charge in [0.05, 0.1) is 23.4 Å². The molecular weight excluding hydrogens is 648 g/mol. The van der Waals surface area contributed by atoms with Crippen molar-refractivity contribution < 1.29 is 33.3 Å². The molecule has 0 saturated heterocycles. The van der Waals surface area contributed by atoms with Crippen molar-refractivity contribution in [2.75, 3.05) is 17.4 Å². The Hall–Kier alpha value is -3.62. The third-order valence-corrected chi connectivity index (χ3v) is 6.76. The fourth-order valence-electron chi connectivity index (χ4n) is 4.38. The Balaban J connectivity index is 1.73. The number of nitrogen functional groups attached to an aromatic ring is 1. The van der Waals surface area contributed by atoms with Gasteiger partial charge in [-0.1, -0.05) is 6.07 Å². The van der Waals surface area contributed by atoms with E-state index in [-0.39, 0.29) is 29.6 Å². The number of nitrogens with two attached hydrogens (primary N) is 1. The molecule has 1 unspecified atom stereocenters. The molecule has 41 heavy (non-hydrogen) atoms. The minimum Gasteiger partial charge on any atom is -0.482 e. The van der Waals surface area contributed by atoms with Crippen LogP contribution in [0.4, 0.5) is 15.0 Å². The van der Waals surface area contributed by atoms with Gasteiger partial charge in [-0.3, -0.25) is 4.68 Å². The number of halogens is 2. The van der Waals surface area contributed by atoms with Crippen LogP contribution in [0.3, 0.4) is 0 Å². The second kappa shape index (κ2) is 12.1. The number of aromatic nitrogens is 3. The number of nitrogens with zero attached hydrogens (tertiary/aromatic N) is 4. The molecule has 0 spiro atoms. The van der Waals surface area contributed by atoms with E-state index in [4.69, 9.17) is 19.9 Å². The van der Waals surface area contributed by atoms with Crippen LogP contribution >= 0.6 is 22.6 Å². The molecule has 0 aliphatic heterocycles. The van der Waals surface area contributed by atoms with Gasteiger partial charge in [-0.25, -0.2) is 19.0 Å². The SMILES string of the molecule is CN(Cc1c(-c2cnc(N)c(OC(c3ccc(F)cc3C(=O)O)C3CC3)c2)c(OCI)nn1C)C(=O)OC(C)(C)C. The number of carbonyl (C=O) groups excluding carboxylic acids is 1. The van der Waals surface area contributed by atoms with Crippen LogP contribution in [0, 0.1) is 11.7 Å². The molecule has 1 aromatic carbocycles. The van der Waals surface area contributed by atoms with Gasteiger partial charge in [0.25, 0.3) is 0 Å². The van der Waals surface area contributed by atoms with Gasteiger partial charge in [-0.05, 0) is 74.4 Å². The number of pyridine rings is 1. The maximum atomic E-state index is 13.9. The van der Waals surface area contributed by atoms with Crippen molar-refractivity contribution in [1.29, 1.82) is 0 Å². The summed E-state index contributed by atoms with van der Waals surface area (Å²) in [4.78, 5) is 30.4. The molecule has 2 aromatic heterocycles. The van der Waals surface area contributed by atoms with E-state index in [1.54, 1.807) is 51.8 Å². The lowest BCUT2D eigenvalue weighted by atomic mass is 9.98. The molecular formula is C28H33FIN5O6. The number of hydrogen-bond donors (Lipinski definition) is 2. The number of aryl methyl sites for hydroxylation is 1. The van der Waals surface area contributed by atoms with E-state index >= 15 is 0 Å². The summed E-state index contributed by atoms with van der Waals surface area (Å²) in [5.41, 5.74) is 7.57. The van der Waals surface area contributed by atoms with Crippen molar-refractivity contribution in [3.63, 3.8) is 0 Å². The molecule has 0 radical (unpaired) electrons. The number of rotatable bonds is 10. The molecule has 3 N–H and O–H groups in total. The van der Waals surface area contributed by atoms with Gasteiger partial charge in [0.15, 0.2) is 11.6 Å². The maximum Gasteiger partial charge on any atom is 0.410 e. The predicted octanol–water partition coefficient (Wildman–Crippen LogP) is 5.57. The Morgan fingerprint density at radius 3 is 2.61 bits per heavy atom. The van der Waals surface area contributed by atoms with Crippen LogP contribution in [0.25, 0.3) is 11.1 Å². The lowest BCUT2D eigenvalue weighted by molar-refractivity contribution is 0.0281. The summed E-state index contributed by atoms with van der Waals surface area (Å²) < 4.78 is 33.5. The number of carbonyl (C=O) groups is 2. The summed E-state index contributed by atoms with van der Waals surface area (Å²) >= 11 is 2.07. The monoisotopic (exact) mass is 681 g/mol. The summed E-state index contributed by atoms with van der Waals surface area (Å²) in [6.45, 7) is 5.54. The van der Waals surface area contributed by atoms with E-state index in [1.807, 2.05) is 0 Å². The number of ether oxygens (including phenoxy) is 3. The molecule has 1 atom stereocenters. The van der Waals surface area contributed by atoms with Crippen LogP contribution in [0.1, 0.15) is 61.3 Å². The Morgan fingerprint density at radius 1 is 1.29 bits per heavy atom. The zero-order chi connectivity index (χ0) is 30.1. The topological polar surface area (TPSA) is 142 Å². The van der Waals surface area contributed by atoms with E-state index in [1.165, 1.54) is 17.0 Å². The van der Waals surface area contributed by atoms with E-state index < -0.39 is 29.6 Å². The normalized spacial score (nSPS) is 13.9. The molecule has 0 bridgehead atoms. The highest BCUT2D eigenvalue weighted by Gasteiger charge is 2.37. The first-order valence-corrected chi connectivity index (χ1v) is 14.5. The Labute approximate surface area is 250 Å². The van der Waals surface area contributed by atoms with Gasteiger partial charge in [0, 0.05) is 37.3 Å². The molecule has 4 rings (SSSR count). The smallest absolute Gasteiger partial charge is 0.410 e. The molecule has 11 nitrogen and oxygen atoms in total. The molecule has 2 heterocycles. The standard InChI is InChI=1S/C28H33FIN5O6/c1-28(2,3)41-27(38)34(4)13-20-22(25(39-14-30)33-35(20)5)16-10-21(24(31)32-12-16)40-23(15-6-7-15)18-9-8-17(29)11-19(18)26(36)37/h8-12,15,23H,6-7,13-14H2,1-5H3,(H2,31,32)(H,36,37). The van der Waals surface area contributed by atoms with Crippen LogP contribution in [0.2, 0.25) is 0 Å². The molecule has 1 fully saturated rings. The number of amides is 1. The van der Waals surface area contributed by atoms with Crippen molar-refractivity contribution in [2.45, 2.75) is 51.9 Å². The first-order chi connectivity index (χ1) is 19.3. The van der Waals surface area contributed by atoms with Gasteiger partial charge in [-0.2, -0.15) is 0 Å². The van der Waals surface area contributed by atoms with Crippen molar-refractivity contribution >= 4 is 40.5 Å². The number of alkyl halides is 1. The zero-order valence-corrected chi connectivity index (χ0v) is 25.6. The molecule has 1 saturated carbocycles. The largest absolute Gasteiger partial charge is 0.482 e. The van der Waals surface area contributed by atoms with E-state index in [2.05, 4.69) is 32.7 Å². The van der Waals surface area contributed by atoms with Crippen molar-refractivity contribution in [2.24, 2.45) is 13.0 Å². The fraction of sp³-hybridized carbons (Fsp3) is 0.429. The number of aromatic carboxylic acids is 1. The molecule has 13 heteroatoms. The molecule has 1 aliphatic rings. The molecule has 3 aromatic rings. The molecule has 1 aliphatic carbocycles. The van der Waals surface area contributed by atoms with E-state index in [0.29, 0.717) is 32.9 Å². The van der Waals surface area contributed by atoms with Crippen LogP contribution in [-0.2, 0) is 18.3 Å². The first kappa shape index (κ1) is 30.3. The zero-order valence-electron chi connectivity index (χ0n) is 23.5. The Bertz CT molecular complexity index is 1450. The van der Waals surface area contributed by atoms with Crippen LogP contribution < -0.4 is 15.2 Å². The van der Waals surface area contributed by atoms with Crippen LogP contribution in [-0.4, -0.2) is 54.1 Å². The first-order valence-electron chi connectivity index (χ1n) is 12.9.